The molecular formula is C16H26N2O6S. The number of hydrogen-bond acceptors (Lipinski definition) is 6. The third-order valence-electron chi connectivity index (χ3n) is 3.62. The second kappa shape index (κ2) is 9.47. The van der Waals surface area contributed by atoms with Crippen molar-refractivity contribution >= 4 is 15.9 Å². The zero-order valence-electron chi connectivity index (χ0n) is 15.3. The average molecular weight is 374 g/mol. The van der Waals surface area contributed by atoms with Gasteiger partial charge >= 0.3 is 0 Å². The molecule has 0 fully saturated rings. The molecule has 0 unspecified atom stereocenters. The molecule has 142 valence electrons. The normalized spacial score (nSPS) is 11.3. The van der Waals surface area contributed by atoms with Crippen molar-refractivity contribution in [2.24, 2.45) is 0 Å². The first-order valence-corrected chi connectivity index (χ1v) is 9.66. The van der Waals surface area contributed by atoms with E-state index < -0.39 is 10.0 Å². The molecule has 0 heterocycles. The first kappa shape index (κ1) is 21.0. The second-order valence-electron chi connectivity index (χ2n) is 5.28. The van der Waals surface area contributed by atoms with Gasteiger partial charge in [-0.25, -0.2) is 12.7 Å². The van der Waals surface area contributed by atoms with Crippen molar-refractivity contribution in [3.05, 3.63) is 17.7 Å². The van der Waals surface area contributed by atoms with Crippen LogP contribution >= 0.6 is 0 Å². The Hall–Kier alpha value is -2.00. The zero-order chi connectivity index (χ0) is 19.0. The van der Waals surface area contributed by atoms with Crippen molar-refractivity contribution in [1.82, 2.24) is 9.62 Å². The fourth-order valence-electron chi connectivity index (χ4n) is 2.33. The Bertz CT molecular complexity index is 665. The second-order valence-corrected chi connectivity index (χ2v) is 7.26. The highest BCUT2D eigenvalue weighted by molar-refractivity contribution is 7.88. The van der Waals surface area contributed by atoms with Crippen LogP contribution in [0.4, 0.5) is 0 Å². The summed E-state index contributed by atoms with van der Waals surface area (Å²) in [4.78, 5) is 12.3. The number of sulfonamides is 1. The Balaban J connectivity index is 2.72. The number of benzene rings is 1. The van der Waals surface area contributed by atoms with Crippen LogP contribution in [0.15, 0.2) is 12.1 Å². The highest BCUT2D eigenvalue weighted by atomic mass is 32.2. The van der Waals surface area contributed by atoms with Gasteiger partial charge in [-0.15, -0.1) is 0 Å². The number of carbonyl (C=O) groups is 1. The van der Waals surface area contributed by atoms with Gasteiger partial charge in [0.05, 0.1) is 27.6 Å². The molecule has 1 aromatic carbocycles. The standard InChI is InChI=1S/C16H26N2O6S/c1-6-18(25(5,20)21)9-7-8-17-16(19)12-10-13(22-2)15(24-4)14(11-12)23-3/h10-11H,6-9H2,1-5H3,(H,17,19). The molecule has 25 heavy (non-hydrogen) atoms. The maximum absolute atomic E-state index is 12.3. The topological polar surface area (TPSA) is 94.2 Å². The maximum atomic E-state index is 12.3. The molecule has 0 spiro atoms. The Labute approximate surface area is 149 Å². The fraction of sp³-hybridized carbons (Fsp3) is 0.562. The smallest absolute Gasteiger partial charge is 0.251 e. The predicted octanol–water partition coefficient (Wildman–Crippen LogP) is 1.11. The van der Waals surface area contributed by atoms with Gasteiger partial charge in [-0.2, -0.15) is 0 Å². The van der Waals surface area contributed by atoms with Crippen molar-refractivity contribution < 1.29 is 27.4 Å². The van der Waals surface area contributed by atoms with Crippen LogP contribution in [0.25, 0.3) is 0 Å². The van der Waals surface area contributed by atoms with Gasteiger partial charge in [0.15, 0.2) is 11.5 Å². The number of nitrogens with zero attached hydrogens (tertiary/aromatic N) is 1. The number of amides is 1. The summed E-state index contributed by atoms with van der Waals surface area (Å²) in [5, 5.41) is 2.76. The van der Waals surface area contributed by atoms with E-state index in [2.05, 4.69) is 5.32 Å². The third kappa shape index (κ3) is 5.79. The lowest BCUT2D eigenvalue weighted by Crippen LogP contribution is -2.33. The van der Waals surface area contributed by atoms with Crippen molar-refractivity contribution in [1.29, 1.82) is 0 Å². The van der Waals surface area contributed by atoms with Crippen LogP contribution in [0.2, 0.25) is 0 Å². The molecule has 0 aliphatic rings. The van der Waals surface area contributed by atoms with Gasteiger partial charge in [-0.1, -0.05) is 6.92 Å². The Morgan fingerprint density at radius 2 is 1.68 bits per heavy atom. The van der Waals surface area contributed by atoms with Crippen molar-refractivity contribution in [2.75, 3.05) is 47.2 Å². The highest BCUT2D eigenvalue weighted by Gasteiger charge is 2.17. The van der Waals surface area contributed by atoms with Crippen LogP contribution in [0.1, 0.15) is 23.7 Å². The Morgan fingerprint density at radius 3 is 2.08 bits per heavy atom. The lowest BCUT2D eigenvalue weighted by atomic mass is 10.1. The van der Waals surface area contributed by atoms with Gasteiger partial charge in [0.1, 0.15) is 0 Å². The molecule has 8 nitrogen and oxygen atoms in total. The molecule has 1 N–H and O–H groups in total. The van der Waals surface area contributed by atoms with Gasteiger partial charge in [0.2, 0.25) is 15.8 Å². The van der Waals surface area contributed by atoms with Crippen LogP contribution in [0.3, 0.4) is 0 Å². The minimum Gasteiger partial charge on any atom is -0.493 e. The van der Waals surface area contributed by atoms with Crippen LogP contribution in [0.5, 0.6) is 17.2 Å². The van der Waals surface area contributed by atoms with Gasteiger partial charge in [-0.05, 0) is 18.6 Å². The summed E-state index contributed by atoms with van der Waals surface area (Å²) < 4.78 is 40.0. The average Bonchev–Trinajstić information content (AvgIpc) is 2.58. The summed E-state index contributed by atoms with van der Waals surface area (Å²) in [6.07, 6.45) is 1.68. The van der Waals surface area contributed by atoms with E-state index in [1.54, 1.807) is 19.1 Å². The molecular weight excluding hydrogens is 348 g/mol. The van der Waals surface area contributed by atoms with Crippen molar-refractivity contribution in [3.8, 4) is 17.2 Å². The van der Waals surface area contributed by atoms with Crippen molar-refractivity contribution in [3.63, 3.8) is 0 Å². The zero-order valence-corrected chi connectivity index (χ0v) is 16.1. The molecule has 0 saturated carbocycles. The van der Waals surface area contributed by atoms with Crippen LogP contribution in [-0.4, -0.2) is 65.8 Å². The summed E-state index contributed by atoms with van der Waals surface area (Å²) in [6.45, 7) is 2.88. The summed E-state index contributed by atoms with van der Waals surface area (Å²) in [5.41, 5.74) is 0.366. The molecule has 1 amide bonds. The third-order valence-corrected chi connectivity index (χ3v) is 5.00. The van der Waals surface area contributed by atoms with Gasteiger partial charge < -0.3 is 19.5 Å². The van der Waals surface area contributed by atoms with Crippen LogP contribution in [0, 0.1) is 0 Å². The molecule has 0 radical (unpaired) electrons. The highest BCUT2D eigenvalue weighted by Crippen LogP contribution is 2.38. The SMILES string of the molecule is CCN(CCCNC(=O)c1cc(OC)c(OC)c(OC)c1)S(C)(=O)=O. The summed E-state index contributed by atoms with van der Waals surface area (Å²) >= 11 is 0. The molecule has 1 aromatic rings. The molecule has 0 bridgehead atoms. The molecule has 0 aromatic heterocycles. The number of methoxy groups -OCH3 is 3. The largest absolute Gasteiger partial charge is 0.493 e. The minimum absolute atomic E-state index is 0.304. The first-order valence-electron chi connectivity index (χ1n) is 7.81. The van der Waals surface area contributed by atoms with Gasteiger partial charge in [0, 0.05) is 25.2 Å². The van der Waals surface area contributed by atoms with E-state index >= 15 is 0 Å². The molecule has 0 saturated heterocycles. The van der Waals surface area contributed by atoms with E-state index in [4.69, 9.17) is 14.2 Å². The maximum Gasteiger partial charge on any atom is 0.251 e. The fourth-order valence-corrected chi connectivity index (χ4v) is 3.26. The number of nitrogens with one attached hydrogen (secondary N) is 1. The number of rotatable bonds is 10. The van der Waals surface area contributed by atoms with Crippen LogP contribution in [-0.2, 0) is 10.0 Å². The van der Waals surface area contributed by atoms with E-state index in [9.17, 15) is 13.2 Å². The van der Waals surface area contributed by atoms with E-state index in [-0.39, 0.29) is 5.91 Å². The monoisotopic (exact) mass is 374 g/mol. The molecule has 0 aliphatic carbocycles. The van der Waals surface area contributed by atoms with E-state index in [1.165, 1.54) is 31.9 Å². The van der Waals surface area contributed by atoms with Gasteiger partial charge in [0.25, 0.3) is 5.91 Å². The quantitative estimate of drug-likeness (QED) is 0.617. The lowest BCUT2D eigenvalue weighted by Gasteiger charge is -2.17. The molecule has 0 atom stereocenters. The van der Waals surface area contributed by atoms with Gasteiger partial charge in [-0.3, -0.25) is 4.79 Å². The minimum atomic E-state index is -3.22. The first-order chi connectivity index (χ1) is 11.8. The number of hydrogen-bond donors (Lipinski definition) is 1. The van der Waals surface area contributed by atoms with E-state index in [0.29, 0.717) is 48.9 Å². The summed E-state index contributed by atoms with van der Waals surface area (Å²) in [5.74, 6) is 0.886. The van der Waals surface area contributed by atoms with E-state index in [1.807, 2.05) is 0 Å². The Kier molecular flexibility index (Phi) is 7.98. The predicted molar refractivity (Wildman–Crippen MR) is 95.1 cm³/mol. The van der Waals surface area contributed by atoms with Crippen molar-refractivity contribution in [2.45, 2.75) is 13.3 Å². The molecule has 0 aliphatic heterocycles. The molecule has 9 heteroatoms. The molecule has 1 rings (SSSR count). The number of carbonyl (C=O) groups excluding carboxylic acids is 1. The number of ether oxygens (including phenoxy) is 3. The van der Waals surface area contributed by atoms with E-state index in [0.717, 1.165) is 0 Å². The Morgan fingerprint density at radius 1 is 1.12 bits per heavy atom. The summed E-state index contributed by atoms with van der Waals surface area (Å²) in [7, 11) is 1.22. The lowest BCUT2D eigenvalue weighted by molar-refractivity contribution is 0.0952. The van der Waals surface area contributed by atoms with Crippen LogP contribution < -0.4 is 19.5 Å². The summed E-state index contributed by atoms with van der Waals surface area (Å²) in [6, 6.07) is 3.12.